The van der Waals surface area contributed by atoms with Crippen molar-refractivity contribution >= 4 is 16.5 Å². The van der Waals surface area contributed by atoms with Crippen molar-refractivity contribution in [2.24, 2.45) is 0 Å². The molecule has 1 aliphatic rings. The third kappa shape index (κ3) is 2.75. The Morgan fingerprint density at radius 3 is 2.45 bits per heavy atom. The van der Waals surface area contributed by atoms with Crippen LogP contribution >= 0.6 is 0 Å². The van der Waals surface area contributed by atoms with Crippen molar-refractivity contribution in [3.63, 3.8) is 0 Å². The van der Waals surface area contributed by atoms with Gasteiger partial charge in [-0.05, 0) is 57.5 Å². The van der Waals surface area contributed by atoms with Gasteiger partial charge in [0.25, 0.3) is 5.56 Å². The van der Waals surface area contributed by atoms with Crippen LogP contribution in [-0.4, -0.2) is 32.4 Å². The number of nitrogens with zero attached hydrogens (tertiary/aromatic N) is 5. The van der Waals surface area contributed by atoms with Crippen molar-refractivity contribution < 1.29 is 0 Å². The quantitative estimate of drug-likeness (QED) is 0.540. The van der Waals surface area contributed by atoms with Gasteiger partial charge in [-0.1, -0.05) is 6.07 Å². The summed E-state index contributed by atoms with van der Waals surface area (Å²) in [5, 5.41) is 6.05. The molecule has 0 bridgehead atoms. The second-order valence-electron chi connectivity index (χ2n) is 7.67. The molecule has 5 rings (SSSR count). The number of aromatic nitrogens is 4. The second-order valence-corrected chi connectivity index (χ2v) is 7.67. The average Bonchev–Trinajstić information content (AvgIpc) is 2.92. The molecule has 6 nitrogen and oxygen atoms in total. The van der Waals surface area contributed by atoms with Crippen LogP contribution in [-0.2, 0) is 0 Å². The zero-order valence-electron chi connectivity index (χ0n) is 16.9. The van der Waals surface area contributed by atoms with Crippen LogP contribution < -0.4 is 10.5 Å². The summed E-state index contributed by atoms with van der Waals surface area (Å²) in [5.74, 6) is 0. The van der Waals surface area contributed by atoms with Gasteiger partial charge in [-0.2, -0.15) is 9.78 Å². The van der Waals surface area contributed by atoms with Crippen LogP contribution in [0.25, 0.3) is 22.1 Å². The minimum absolute atomic E-state index is 0.105. The molecule has 29 heavy (non-hydrogen) atoms. The highest BCUT2D eigenvalue weighted by molar-refractivity contribution is 5.88. The lowest BCUT2D eigenvalue weighted by atomic mass is 10.1. The van der Waals surface area contributed by atoms with E-state index >= 15 is 0 Å². The van der Waals surface area contributed by atoms with E-state index in [4.69, 9.17) is 0 Å². The molecule has 1 aliphatic heterocycles. The Morgan fingerprint density at radius 1 is 0.931 bits per heavy atom. The Hall–Kier alpha value is -3.41. The van der Waals surface area contributed by atoms with Gasteiger partial charge in [0.1, 0.15) is 0 Å². The standard InChI is InChI=1S/C23H23N5O/c1-15-12-20(8-9-24-15)28-23(29)22-17(3)27(16(2)21(22)14-25-28)19-7-4-6-18(13-19)26-10-5-11-26/h4,6-9,12-14H,5,10-11H2,1-3H3. The zero-order chi connectivity index (χ0) is 20.1. The van der Waals surface area contributed by atoms with E-state index in [1.165, 1.54) is 16.8 Å². The lowest BCUT2D eigenvalue weighted by molar-refractivity contribution is 0.617. The highest BCUT2D eigenvalue weighted by Crippen LogP contribution is 2.29. The van der Waals surface area contributed by atoms with Crippen LogP contribution in [0, 0.1) is 20.8 Å². The summed E-state index contributed by atoms with van der Waals surface area (Å²) in [7, 11) is 0. The molecule has 0 unspecified atom stereocenters. The third-order valence-corrected chi connectivity index (χ3v) is 5.83. The minimum Gasteiger partial charge on any atom is -0.371 e. The largest absolute Gasteiger partial charge is 0.371 e. The number of benzene rings is 1. The molecule has 0 spiro atoms. The maximum atomic E-state index is 13.3. The fourth-order valence-corrected chi connectivity index (χ4v) is 4.20. The first-order chi connectivity index (χ1) is 14.0. The van der Waals surface area contributed by atoms with Crippen molar-refractivity contribution in [2.75, 3.05) is 18.0 Å². The van der Waals surface area contributed by atoms with Crippen molar-refractivity contribution in [2.45, 2.75) is 27.2 Å². The first-order valence-corrected chi connectivity index (χ1v) is 9.93. The molecule has 0 amide bonds. The van der Waals surface area contributed by atoms with E-state index in [-0.39, 0.29) is 5.56 Å². The Bertz CT molecular complexity index is 1300. The molecular weight excluding hydrogens is 362 g/mol. The average molecular weight is 385 g/mol. The van der Waals surface area contributed by atoms with Crippen molar-refractivity contribution in [3.8, 4) is 11.4 Å². The van der Waals surface area contributed by atoms with E-state index in [0.717, 1.165) is 46.9 Å². The molecule has 1 saturated heterocycles. The van der Waals surface area contributed by atoms with E-state index in [9.17, 15) is 4.79 Å². The normalized spacial score (nSPS) is 13.7. The minimum atomic E-state index is -0.105. The fourth-order valence-electron chi connectivity index (χ4n) is 4.20. The molecule has 4 aromatic rings. The van der Waals surface area contributed by atoms with E-state index in [1.54, 1.807) is 12.4 Å². The topological polar surface area (TPSA) is 56.0 Å². The molecule has 4 heterocycles. The molecular formula is C23H23N5O. The number of hydrogen-bond donors (Lipinski definition) is 0. The van der Waals surface area contributed by atoms with E-state index in [0.29, 0.717) is 5.39 Å². The summed E-state index contributed by atoms with van der Waals surface area (Å²) in [5.41, 5.74) is 5.75. The predicted molar refractivity (Wildman–Crippen MR) is 116 cm³/mol. The third-order valence-electron chi connectivity index (χ3n) is 5.83. The molecule has 0 N–H and O–H groups in total. The van der Waals surface area contributed by atoms with Gasteiger partial charge in [-0.25, -0.2) is 0 Å². The van der Waals surface area contributed by atoms with Gasteiger partial charge >= 0.3 is 0 Å². The smallest absolute Gasteiger partial charge is 0.281 e. The lowest BCUT2D eigenvalue weighted by Crippen LogP contribution is -2.36. The van der Waals surface area contributed by atoms with Gasteiger partial charge in [-0.3, -0.25) is 9.78 Å². The summed E-state index contributed by atoms with van der Waals surface area (Å²) in [6.45, 7) is 8.18. The van der Waals surface area contributed by atoms with Crippen LogP contribution in [0.5, 0.6) is 0 Å². The summed E-state index contributed by atoms with van der Waals surface area (Å²) in [4.78, 5) is 19.9. The lowest BCUT2D eigenvalue weighted by Gasteiger charge is -2.33. The SMILES string of the molecule is Cc1cc(-n2ncc3c(C)n(-c4cccc(N5CCC5)c4)c(C)c3c2=O)ccn1. The Balaban J connectivity index is 1.71. The number of aryl methyl sites for hydroxylation is 3. The van der Waals surface area contributed by atoms with Crippen molar-refractivity contribution in [1.82, 2.24) is 19.3 Å². The highest BCUT2D eigenvalue weighted by Gasteiger charge is 2.19. The summed E-state index contributed by atoms with van der Waals surface area (Å²) < 4.78 is 3.63. The predicted octanol–water partition coefficient (Wildman–Crippen LogP) is 3.71. The molecule has 1 aromatic carbocycles. The van der Waals surface area contributed by atoms with Crippen LogP contribution in [0.2, 0.25) is 0 Å². The van der Waals surface area contributed by atoms with Gasteiger partial charge in [0, 0.05) is 53.1 Å². The number of rotatable bonds is 3. The van der Waals surface area contributed by atoms with Gasteiger partial charge in [0.2, 0.25) is 0 Å². The molecule has 0 atom stereocenters. The molecule has 3 aromatic heterocycles. The van der Waals surface area contributed by atoms with E-state index in [2.05, 4.69) is 43.8 Å². The van der Waals surface area contributed by atoms with Gasteiger partial charge in [-0.15, -0.1) is 0 Å². The summed E-state index contributed by atoms with van der Waals surface area (Å²) in [6.07, 6.45) is 4.74. The maximum Gasteiger partial charge on any atom is 0.281 e. The molecule has 1 fully saturated rings. The van der Waals surface area contributed by atoms with E-state index < -0.39 is 0 Å². The molecule has 146 valence electrons. The van der Waals surface area contributed by atoms with Crippen LogP contribution in [0.3, 0.4) is 0 Å². The summed E-state index contributed by atoms with van der Waals surface area (Å²) >= 11 is 0. The first kappa shape index (κ1) is 17.7. The van der Waals surface area contributed by atoms with Gasteiger partial charge in [0.05, 0.1) is 17.3 Å². The maximum absolute atomic E-state index is 13.3. The van der Waals surface area contributed by atoms with Crippen molar-refractivity contribution in [1.29, 1.82) is 0 Å². The van der Waals surface area contributed by atoms with Gasteiger partial charge < -0.3 is 9.47 Å². The van der Waals surface area contributed by atoms with E-state index in [1.807, 2.05) is 32.9 Å². The number of hydrogen-bond acceptors (Lipinski definition) is 4. The number of fused-ring (bicyclic) bond motifs is 1. The van der Waals surface area contributed by atoms with Gasteiger partial charge in [0.15, 0.2) is 0 Å². The van der Waals surface area contributed by atoms with Crippen LogP contribution in [0.15, 0.2) is 53.6 Å². The molecule has 0 radical (unpaired) electrons. The number of anilines is 1. The molecule has 0 aliphatic carbocycles. The zero-order valence-corrected chi connectivity index (χ0v) is 16.9. The Kier molecular flexibility index (Phi) is 4.01. The molecule has 0 saturated carbocycles. The second kappa shape index (κ2) is 6.58. The summed E-state index contributed by atoms with van der Waals surface area (Å²) in [6, 6.07) is 12.2. The van der Waals surface area contributed by atoms with Crippen LogP contribution in [0.4, 0.5) is 5.69 Å². The first-order valence-electron chi connectivity index (χ1n) is 9.93. The molecule has 6 heteroatoms. The monoisotopic (exact) mass is 385 g/mol. The Labute approximate surface area is 169 Å². The fraction of sp³-hybridized carbons (Fsp3) is 0.261. The number of pyridine rings is 1. The van der Waals surface area contributed by atoms with Crippen molar-refractivity contribution in [3.05, 3.63) is 76.2 Å². The van der Waals surface area contributed by atoms with Crippen LogP contribution in [0.1, 0.15) is 23.5 Å². The highest BCUT2D eigenvalue weighted by atomic mass is 16.1. The Morgan fingerprint density at radius 2 is 1.72 bits per heavy atom.